The standard InChI is InChI=1S/C10H12BrN3OS2/c1-2-15-8-9(12)14-17-10(8)13-5-7-6(11)3-4-16-7/h3-4,13H,2,5H2,1H3,(H2,12,14). The number of nitrogens with one attached hydrogen (secondary N) is 1. The Kier molecular flexibility index (Phi) is 4.25. The molecule has 4 nitrogen and oxygen atoms in total. The first-order chi connectivity index (χ1) is 8.22. The van der Waals surface area contributed by atoms with Crippen LogP contribution in [0.15, 0.2) is 15.9 Å². The van der Waals surface area contributed by atoms with E-state index in [4.69, 9.17) is 10.5 Å². The Morgan fingerprint density at radius 1 is 1.59 bits per heavy atom. The zero-order valence-corrected chi connectivity index (χ0v) is 12.4. The van der Waals surface area contributed by atoms with Crippen LogP contribution in [0.1, 0.15) is 11.8 Å². The third kappa shape index (κ3) is 2.91. The second-order valence-corrected chi connectivity index (χ2v) is 5.83. The maximum absolute atomic E-state index is 5.73. The smallest absolute Gasteiger partial charge is 0.197 e. The molecule has 0 unspecified atom stereocenters. The lowest BCUT2D eigenvalue weighted by molar-refractivity contribution is 0.344. The van der Waals surface area contributed by atoms with Crippen molar-refractivity contribution in [3.8, 4) is 5.75 Å². The van der Waals surface area contributed by atoms with Crippen molar-refractivity contribution in [2.75, 3.05) is 17.7 Å². The molecule has 0 aliphatic carbocycles. The van der Waals surface area contributed by atoms with E-state index >= 15 is 0 Å². The first-order valence-electron chi connectivity index (χ1n) is 5.06. The fourth-order valence-corrected chi connectivity index (χ4v) is 3.39. The van der Waals surface area contributed by atoms with Crippen molar-refractivity contribution in [2.24, 2.45) is 0 Å². The minimum atomic E-state index is 0.449. The van der Waals surface area contributed by atoms with E-state index in [1.165, 1.54) is 16.4 Å². The predicted octanol–water partition coefficient (Wildman–Crippen LogP) is 3.56. The second kappa shape index (κ2) is 5.70. The molecule has 0 saturated carbocycles. The first-order valence-corrected chi connectivity index (χ1v) is 7.50. The molecule has 0 spiro atoms. The van der Waals surface area contributed by atoms with Crippen LogP contribution in [0.5, 0.6) is 5.75 Å². The lowest BCUT2D eigenvalue weighted by atomic mass is 10.4. The molecule has 0 saturated heterocycles. The SMILES string of the molecule is CCOc1c(N)nsc1NCc1sccc1Br. The molecule has 0 bridgehead atoms. The van der Waals surface area contributed by atoms with Crippen LogP contribution in [0.4, 0.5) is 10.8 Å². The number of hydrogen-bond donors (Lipinski definition) is 2. The van der Waals surface area contributed by atoms with Crippen LogP contribution in [0.3, 0.4) is 0 Å². The van der Waals surface area contributed by atoms with Gasteiger partial charge in [0.05, 0.1) is 13.2 Å². The lowest BCUT2D eigenvalue weighted by Crippen LogP contribution is -2.01. The molecule has 17 heavy (non-hydrogen) atoms. The number of nitrogens with zero attached hydrogens (tertiary/aromatic N) is 1. The summed E-state index contributed by atoms with van der Waals surface area (Å²) in [4.78, 5) is 1.24. The minimum absolute atomic E-state index is 0.449. The molecule has 2 heterocycles. The molecule has 0 radical (unpaired) electrons. The topological polar surface area (TPSA) is 60.2 Å². The van der Waals surface area contributed by atoms with Crippen molar-refractivity contribution in [2.45, 2.75) is 13.5 Å². The van der Waals surface area contributed by atoms with Crippen molar-refractivity contribution < 1.29 is 4.74 Å². The van der Waals surface area contributed by atoms with Crippen molar-refractivity contribution in [1.82, 2.24) is 4.37 Å². The molecule has 3 N–H and O–H groups in total. The molecule has 0 aromatic carbocycles. The number of thiophene rings is 1. The summed E-state index contributed by atoms with van der Waals surface area (Å²) in [6.45, 7) is 3.25. The van der Waals surface area contributed by atoms with Gasteiger partial charge in [0.15, 0.2) is 16.6 Å². The van der Waals surface area contributed by atoms with Gasteiger partial charge in [-0.2, -0.15) is 4.37 Å². The Bertz CT molecular complexity index is 497. The summed E-state index contributed by atoms with van der Waals surface area (Å²) in [5.41, 5.74) is 5.73. The molecule has 2 aromatic heterocycles. The van der Waals surface area contributed by atoms with Crippen LogP contribution in [-0.2, 0) is 6.54 Å². The Morgan fingerprint density at radius 2 is 2.41 bits per heavy atom. The zero-order chi connectivity index (χ0) is 12.3. The number of ether oxygens (including phenoxy) is 1. The number of aromatic nitrogens is 1. The highest BCUT2D eigenvalue weighted by molar-refractivity contribution is 9.10. The Labute approximate surface area is 116 Å². The fraction of sp³-hybridized carbons (Fsp3) is 0.300. The summed E-state index contributed by atoms with van der Waals surface area (Å²) >= 11 is 6.52. The highest BCUT2D eigenvalue weighted by Gasteiger charge is 2.12. The summed E-state index contributed by atoms with van der Waals surface area (Å²) in [7, 11) is 0. The zero-order valence-electron chi connectivity index (χ0n) is 9.20. The van der Waals surface area contributed by atoms with E-state index in [2.05, 4.69) is 25.6 Å². The fourth-order valence-electron chi connectivity index (χ4n) is 1.30. The molecule has 7 heteroatoms. The third-order valence-corrected chi connectivity index (χ3v) is 4.79. The third-order valence-electron chi connectivity index (χ3n) is 2.06. The van der Waals surface area contributed by atoms with Gasteiger partial charge in [-0.25, -0.2) is 0 Å². The van der Waals surface area contributed by atoms with Crippen LogP contribution < -0.4 is 15.8 Å². The molecular formula is C10H12BrN3OS2. The second-order valence-electron chi connectivity index (χ2n) is 3.20. The number of hydrogen-bond acceptors (Lipinski definition) is 6. The average molecular weight is 334 g/mol. The van der Waals surface area contributed by atoms with E-state index in [1.54, 1.807) is 11.3 Å². The van der Waals surface area contributed by atoms with Crippen LogP contribution in [0.25, 0.3) is 0 Å². The van der Waals surface area contributed by atoms with Crippen molar-refractivity contribution >= 4 is 49.6 Å². The molecule has 2 aromatic rings. The van der Waals surface area contributed by atoms with Gasteiger partial charge in [0.1, 0.15) is 0 Å². The Morgan fingerprint density at radius 3 is 3.06 bits per heavy atom. The van der Waals surface area contributed by atoms with Gasteiger partial charge in [-0.15, -0.1) is 11.3 Å². The molecule has 0 aliphatic heterocycles. The molecular weight excluding hydrogens is 322 g/mol. The van der Waals surface area contributed by atoms with Gasteiger partial charge in [-0.1, -0.05) is 0 Å². The number of halogens is 1. The molecule has 0 aliphatic rings. The van der Waals surface area contributed by atoms with Crippen LogP contribution in [-0.4, -0.2) is 11.0 Å². The van der Waals surface area contributed by atoms with E-state index in [0.29, 0.717) is 18.2 Å². The molecule has 2 rings (SSSR count). The van der Waals surface area contributed by atoms with Crippen molar-refractivity contribution in [3.05, 3.63) is 20.8 Å². The summed E-state index contributed by atoms with van der Waals surface area (Å²) in [6.07, 6.45) is 0. The number of nitrogens with two attached hydrogens (primary N) is 1. The van der Waals surface area contributed by atoms with Crippen molar-refractivity contribution in [1.29, 1.82) is 0 Å². The summed E-state index contributed by atoms with van der Waals surface area (Å²) < 4.78 is 10.7. The number of rotatable bonds is 5. The predicted molar refractivity (Wildman–Crippen MR) is 77.0 cm³/mol. The van der Waals surface area contributed by atoms with Crippen LogP contribution >= 0.6 is 38.8 Å². The van der Waals surface area contributed by atoms with E-state index in [1.807, 2.05) is 18.4 Å². The quantitative estimate of drug-likeness (QED) is 0.878. The lowest BCUT2D eigenvalue weighted by Gasteiger charge is -2.06. The Hall–Kier alpha value is -0.790. The van der Waals surface area contributed by atoms with E-state index in [9.17, 15) is 0 Å². The highest BCUT2D eigenvalue weighted by Crippen LogP contribution is 2.36. The van der Waals surface area contributed by atoms with E-state index in [0.717, 1.165) is 16.0 Å². The average Bonchev–Trinajstić information content (AvgIpc) is 2.86. The monoisotopic (exact) mass is 333 g/mol. The van der Waals surface area contributed by atoms with Gasteiger partial charge in [0, 0.05) is 9.35 Å². The summed E-state index contributed by atoms with van der Waals surface area (Å²) in [5, 5.41) is 6.22. The number of nitrogen functional groups attached to an aromatic ring is 1. The van der Waals surface area contributed by atoms with Gasteiger partial charge < -0.3 is 15.8 Å². The minimum Gasteiger partial charge on any atom is -0.487 e. The first kappa shape index (κ1) is 12.7. The van der Waals surface area contributed by atoms with Gasteiger partial charge in [0.25, 0.3) is 0 Å². The maximum atomic E-state index is 5.73. The molecule has 92 valence electrons. The van der Waals surface area contributed by atoms with Gasteiger partial charge in [0.2, 0.25) is 0 Å². The van der Waals surface area contributed by atoms with Crippen molar-refractivity contribution in [3.63, 3.8) is 0 Å². The molecule has 0 atom stereocenters. The summed E-state index contributed by atoms with van der Waals surface area (Å²) in [6, 6.07) is 2.03. The largest absolute Gasteiger partial charge is 0.487 e. The van der Waals surface area contributed by atoms with Gasteiger partial charge in [-0.3, -0.25) is 0 Å². The van der Waals surface area contributed by atoms with E-state index < -0.39 is 0 Å². The van der Waals surface area contributed by atoms with Gasteiger partial charge in [-0.05, 0) is 45.8 Å². The molecule has 0 fully saturated rings. The Balaban J connectivity index is 2.06. The maximum Gasteiger partial charge on any atom is 0.197 e. The van der Waals surface area contributed by atoms with E-state index in [-0.39, 0.29) is 0 Å². The molecule has 0 amide bonds. The van der Waals surface area contributed by atoms with Crippen LogP contribution in [0.2, 0.25) is 0 Å². The normalized spacial score (nSPS) is 10.5. The highest BCUT2D eigenvalue weighted by atomic mass is 79.9. The number of anilines is 2. The summed E-state index contributed by atoms with van der Waals surface area (Å²) in [5.74, 6) is 1.11. The van der Waals surface area contributed by atoms with Gasteiger partial charge >= 0.3 is 0 Å². The van der Waals surface area contributed by atoms with Crippen LogP contribution in [0, 0.1) is 0 Å².